The normalized spacial score (nSPS) is 21.6. The molecule has 1 aliphatic rings. The Hall–Kier alpha value is -2.42. The van der Waals surface area contributed by atoms with Crippen LogP contribution in [0.5, 0.6) is 0 Å². The van der Waals surface area contributed by atoms with Gasteiger partial charge in [0.1, 0.15) is 5.71 Å². The SMILES string of the molecule is O=CC1=NO[C@H](c2ccccc2)[C@H]1c1ccccc1. The van der Waals surface area contributed by atoms with E-state index in [1.807, 2.05) is 60.7 Å². The van der Waals surface area contributed by atoms with E-state index >= 15 is 0 Å². The molecule has 2 aromatic rings. The standard InChI is InChI=1S/C16H13NO2/c18-11-14-15(12-7-3-1-4-8-12)16(19-17-14)13-9-5-2-6-10-13/h1-11,15-16H/t15-,16+/m0/s1. The average Bonchev–Trinajstić information content (AvgIpc) is 2.93. The Morgan fingerprint density at radius 2 is 1.47 bits per heavy atom. The highest BCUT2D eigenvalue weighted by Gasteiger charge is 2.36. The van der Waals surface area contributed by atoms with Crippen molar-refractivity contribution >= 4 is 12.0 Å². The highest BCUT2D eigenvalue weighted by molar-refractivity contribution is 6.31. The van der Waals surface area contributed by atoms with Gasteiger partial charge in [0.05, 0.1) is 5.92 Å². The van der Waals surface area contributed by atoms with Crippen molar-refractivity contribution in [1.29, 1.82) is 0 Å². The maximum Gasteiger partial charge on any atom is 0.168 e. The van der Waals surface area contributed by atoms with Gasteiger partial charge in [0, 0.05) is 0 Å². The summed E-state index contributed by atoms with van der Waals surface area (Å²) in [6.45, 7) is 0. The van der Waals surface area contributed by atoms with Crippen molar-refractivity contribution in [3.8, 4) is 0 Å². The van der Waals surface area contributed by atoms with Gasteiger partial charge in [-0.3, -0.25) is 4.79 Å². The van der Waals surface area contributed by atoms with Crippen molar-refractivity contribution in [2.24, 2.45) is 5.16 Å². The zero-order valence-corrected chi connectivity index (χ0v) is 10.3. The lowest BCUT2D eigenvalue weighted by Gasteiger charge is -2.18. The summed E-state index contributed by atoms with van der Waals surface area (Å²) in [6.07, 6.45) is 0.546. The molecule has 0 saturated carbocycles. The van der Waals surface area contributed by atoms with Crippen LogP contribution in [0, 0.1) is 0 Å². The van der Waals surface area contributed by atoms with Crippen LogP contribution in [0.2, 0.25) is 0 Å². The first-order valence-electron chi connectivity index (χ1n) is 6.19. The minimum Gasteiger partial charge on any atom is -0.386 e. The van der Waals surface area contributed by atoms with Gasteiger partial charge in [0.2, 0.25) is 0 Å². The molecule has 0 N–H and O–H groups in total. The maximum atomic E-state index is 11.2. The molecule has 0 aromatic heterocycles. The second kappa shape index (κ2) is 5.06. The number of hydrogen-bond donors (Lipinski definition) is 0. The predicted molar refractivity (Wildman–Crippen MR) is 73.0 cm³/mol. The van der Waals surface area contributed by atoms with Gasteiger partial charge in [-0.05, 0) is 11.1 Å². The summed E-state index contributed by atoms with van der Waals surface area (Å²) in [4.78, 5) is 16.6. The molecule has 0 fully saturated rings. The number of benzene rings is 2. The molecule has 2 aromatic carbocycles. The lowest BCUT2D eigenvalue weighted by molar-refractivity contribution is -0.102. The van der Waals surface area contributed by atoms with E-state index in [-0.39, 0.29) is 12.0 Å². The van der Waals surface area contributed by atoms with Gasteiger partial charge in [0.25, 0.3) is 0 Å². The third kappa shape index (κ3) is 2.15. The number of carbonyl (C=O) groups excluding carboxylic acids is 1. The summed E-state index contributed by atoms with van der Waals surface area (Å²) in [5.41, 5.74) is 2.51. The highest BCUT2D eigenvalue weighted by Crippen LogP contribution is 2.39. The molecule has 19 heavy (non-hydrogen) atoms. The molecule has 0 amide bonds. The van der Waals surface area contributed by atoms with Crippen molar-refractivity contribution in [2.45, 2.75) is 12.0 Å². The topological polar surface area (TPSA) is 38.7 Å². The monoisotopic (exact) mass is 251 g/mol. The van der Waals surface area contributed by atoms with E-state index < -0.39 is 0 Å². The van der Waals surface area contributed by atoms with E-state index in [1.54, 1.807) is 0 Å². The van der Waals surface area contributed by atoms with Crippen LogP contribution < -0.4 is 0 Å². The van der Waals surface area contributed by atoms with Crippen molar-refractivity contribution in [1.82, 2.24) is 0 Å². The third-order valence-corrected chi connectivity index (χ3v) is 3.30. The van der Waals surface area contributed by atoms with Gasteiger partial charge in [-0.1, -0.05) is 65.8 Å². The molecule has 94 valence electrons. The molecule has 3 heteroatoms. The van der Waals surface area contributed by atoms with Crippen LogP contribution in [0.25, 0.3) is 0 Å². The lowest BCUT2D eigenvalue weighted by Crippen LogP contribution is -2.16. The van der Waals surface area contributed by atoms with Crippen LogP contribution in [0.3, 0.4) is 0 Å². The second-order valence-electron chi connectivity index (χ2n) is 4.46. The van der Waals surface area contributed by atoms with E-state index in [0.29, 0.717) is 5.71 Å². The first-order chi connectivity index (χ1) is 9.40. The molecular formula is C16H13NO2. The Balaban J connectivity index is 2.01. The Bertz CT molecular complexity index is 593. The Labute approximate surface area is 111 Å². The number of nitrogens with zero attached hydrogens (tertiary/aromatic N) is 1. The van der Waals surface area contributed by atoms with Crippen molar-refractivity contribution in [3.63, 3.8) is 0 Å². The number of hydrogen-bond acceptors (Lipinski definition) is 3. The maximum absolute atomic E-state index is 11.2. The Morgan fingerprint density at radius 3 is 2.05 bits per heavy atom. The highest BCUT2D eigenvalue weighted by atomic mass is 16.6. The average molecular weight is 251 g/mol. The minimum atomic E-state index is -0.233. The van der Waals surface area contributed by atoms with E-state index in [2.05, 4.69) is 5.16 Å². The summed E-state index contributed by atoms with van der Waals surface area (Å²) in [5, 5.41) is 3.92. The molecule has 1 aliphatic heterocycles. The molecule has 3 nitrogen and oxygen atoms in total. The fourth-order valence-electron chi connectivity index (χ4n) is 2.39. The fourth-order valence-corrected chi connectivity index (χ4v) is 2.39. The van der Waals surface area contributed by atoms with Gasteiger partial charge in [0.15, 0.2) is 12.4 Å². The lowest BCUT2D eigenvalue weighted by atomic mass is 9.86. The largest absolute Gasteiger partial charge is 0.386 e. The third-order valence-electron chi connectivity index (χ3n) is 3.30. The molecule has 2 atom stereocenters. The molecule has 0 radical (unpaired) electrons. The van der Waals surface area contributed by atoms with Crippen LogP contribution in [-0.2, 0) is 9.63 Å². The van der Waals surface area contributed by atoms with E-state index in [0.717, 1.165) is 17.4 Å². The van der Waals surface area contributed by atoms with Crippen LogP contribution in [0.4, 0.5) is 0 Å². The van der Waals surface area contributed by atoms with Gasteiger partial charge in [-0.2, -0.15) is 0 Å². The molecule has 3 rings (SSSR count). The summed E-state index contributed by atoms with van der Waals surface area (Å²) in [6, 6.07) is 19.7. The van der Waals surface area contributed by atoms with Crippen LogP contribution in [-0.4, -0.2) is 12.0 Å². The second-order valence-corrected chi connectivity index (χ2v) is 4.46. The van der Waals surface area contributed by atoms with Crippen LogP contribution >= 0.6 is 0 Å². The number of aldehydes is 1. The first-order valence-corrected chi connectivity index (χ1v) is 6.19. The van der Waals surface area contributed by atoms with Crippen LogP contribution in [0.1, 0.15) is 23.1 Å². The van der Waals surface area contributed by atoms with Crippen molar-refractivity contribution in [2.75, 3.05) is 0 Å². The molecule has 0 bridgehead atoms. The van der Waals surface area contributed by atoms with Gasteiger partial charge >= 0.3 is 0 Å². The summed E-state index contributed by atoms with van der Waals surface area (Å²) in [7, 11) is 0. The number of oxime groups is 1. The predicted octanol–water partition coefficient (Wildman–Crippen LogP) is 3.10. The molecule has 0 saturated heterocycles. The van der Waals surface area contributed by atoms with Gasteiger partial charge < -0.3 is 4.84 Å². The van der Waals surface area contributed by atoms with Gasteiger partial charge in [-0.15, -0.1) is 0 Å². The van der Waals surface area contributed by atoms with Crippen LogP contribution in [0.15, 0.2) is 65.8 Å². The summed E-state index contributed by atoms with van der Waals surface area (Å²) in [5.74, 6) is -0.138. The smallest absolute Gasteiger partial charge is 0.168 e. The Kier molecular flexibility index (Phi) is 3.11. The first kappa shape index (κ1) is 11.7. The number of rotatable bonds is 3. The number of carbonyl (C=O) groups is 1. The fraction of sp³-hybridized carbons (Fsp3) is 0.125. The van der Waals surface area contributed by atoms with Crippen molar-refractivity contribution < 1.29 is 9.63 Å². The zero-order valence-electron chi connectivity index (χ0n) is 10.3. The molecule has 0 unspecified atom stereocenters. The Morgan fingerprint density at radius 1 is 0.895 bits per heavy atom. The molecule has 1 heterocycles. The molecule has 0 spiro atoms. The molecule has 0 aliphatic carbocycles. The summed E-state index contributed by atoms with van der Waals surface area (Å²) < 4.78 is 0. The van der Waals surface area contributed by atoms with E-state index in [9.17, 15) is 4.79 Å². The minimum absolute atomic E-state index is 0.138. The zero-order chi connectivity index (χ0) is 13.1. The van der Waals surface area contributed by atoms with Crippen molar-refractivity contribution in [3.05, 3.63) is 71.8 Å². The van der Waals surface area contributed by atoms with Gasteiger partial charge in [-0.25, -0.2) is 0 Å². The quantitative estimate of drug-likeness (QED) is 0.786. The van der Waals surface area contributed by atoms with E-state index in [1.165, 1.54) is 0 Å². The van der Waals surface area contributed by atoms with E-state index in [4.69, 9.17) is 4.84 Å². The summed E-state index contributed by atoms with van der Waals surface area (Å²) >= 11 is 0. The molecular weight excluding hydrogens is 238 g/mol.